The summed E-state index contributed by atoms with van der Waals surface area (Å²) in [6.45, 7) is 3.13. The van der Waals surface area contributed by atoms with Crippen molar-refractivity contribution in [2.75, 3.05) is 13.1 Å². The van der Waals surface area contributed by atoms with Crippen molar-refractivity contribution in [2.24, 2.45) is 5.92 Å². The van der Waals surface area contributed by atoms with Gasteiger partial charge >= 0.3 is 0 Å². The van der Waals surface area contributed by atoms with E-state index in [0.29, 0.717) is 5.75 Å². The normalized spacial score (nSPS) is 17.0. The Kier molecular flexibility index (Phi) is 4.56. The Morgan fingerprint density at radius 2 is 1.57 bits per heavy atom. The molecule has 0 amide bonds. The van der Waals surface area contributed by atoms with Crippen molar-refractivity contribution in [1.82, 2.24) is 4.90 Å². The highest BCUT2D eigenvalue weighted by Gasteiger charge is 2.20. The number of hydrogen-bond acceptors (Lipinski definition) is 2. The van der Waals surface area contributed by atoms with Gasteiger partial charge < -0.3 is 5.11 Å². The number of likely N-dealkylation sites (tertiary alicyclic amines) is 1. The lowest BCUT2D eigenvalue weighted by atomic mass is 9.90. The molecule has 110 valence electrons. The predicted molar refractivity (Wildman–Crippen MR) is 86.3 cm³/mol. The first kappa shape index (κ1) is 14.2. The molecule has 2 aromatic carbocycles. The highest BCUT2D eigenvalue weighted by atomic mass is 16.3. The van der Waals surface area contributed by atoms with Crippen molar-refractivity contribution in [1.29, 1.82) is 0 Å². The minimum atomic E-state index is 0.420. The summed E-state index contributed by atoms with van der Waals surface area (Å²) in [4.78, 5) is 2.45. The Balaban J connectivity index is 1.50. The molecule has 0 atom stereocenters. The van der Waals surface area contributed by atoms with Crippen molar-refractivity contribution in [3.05, 3.63) is 65.7 Å². The molecule has 1 N–H and O–H groups in total. The summed E-state index contributed by atoms with van der Waals surface area (Å²) in [5.41, 5.74) is 2.50. The fourth-order valence-corrected chi connectivity index (χ4v) is 3.18. The standard InChI is InChI=1S/C19H23NO/c21-19-9-5-4-8-18(19)15-20-12-10-17(11-13-20)14-16-6-2-1-3-7-16/h1-9,17,21H,10-15H2. The summed E-state index contributed by atoms with van der Waals surface area (Å²) < 4.78 is 0. The zero-order valence-corrected chi connectivity index (χ0v) is 12.4. The van der Waals surface area contributed by atoms with E-state index in [9.17, 15) is 5.11 Å². The van der Waals surface area contributed by atoms with Gasteiger partial charge in [0.15, 0.2) is 0 Å². The fourth-order valence-electron chi connectivity index (χ4n) is 3.18. The Bertz CT molecular complexity index is 559. The Labute approximate surface area is 127 Å². The second-order valence-corrected chi connectivity index (χ2v) is 6.04. The molecule has 1 aliphatic heterocycles. The molecule has 0 spiro atoms. The van der Waals surface area contributed by atoms with Gasteiger partial charge in [0.25, 0.3) is 0 Å². The van der Waals surface area contributed by atoms with Gasteiger partial charge in [-0.1, -0.05) is 48.5 Å². The third kappa shape index (κ3) is 3.85. The molecule has 1 fully saturated rings. The second-order valence-electron chi connectivity index (χ2n) is 6.04. The van der Waals surface area contributed by atoms with Crippen LogP contribution in [0.2, 0.25) is 0 Å². The number of rotatable bonds is 4. The molecule has 0 saturated carbocycles. The third-order valence-electron chi connectivity index (χ3n) is 4.46. The molecule has 1 heterocycles. The van der Waals surface area contributed by atoms with Gasteiger partial charge in [-0.2, -0.15) is 0 Å². The van der Waals surface area contributed by atoms with E-state index in [2.05, 4.69) is 35.2 Å². The third-order valence-corrected chi connectivity index (χ3v) is 4.46. The molecule has 0 radical (unpaired) electrons. The maximum absolute atomic E-state index is 9.86. The predicted octanol–water partition coefficient (Wildman–Crippen LogP) is 3.85. The molecule has 2 aromatic rings. The van der Waals surface area contributed by atoms with E-state index < -0.39 is 0 Å². The summed E-state index contributed by atoms with van der Waals surface area (Å²) in [5.74, 6) is 1.22. The molecule has 3 rings (SSSR count). The van der Waals surface area contributed by atoms with Crippen LogP contribution < -0.4 is 0 Å². The van der Waals surface area contributed by atoms with Gasteiger partial charge in [0, 0.05) is 12.1 Å². The number of phenolic OH excluding ortho intramolecular Hbond substituents is 1. The molecule has 2 heteroatoms. The molecule has 21 heavy (non-hydrogen) atoms. The van der Waals surface area contributed by atoms with Gasteiger partial charge in [-0.15, -0.1) is 0 Å². The molecule has 0 unspecified atom stereocenters. The SMILES string of the molecule is Oc1ccccc1CN1CCC(Cc2ccccc2)CC1. The van der Waals surface area contributed by atoms with Crippen molar-refractivity contribution < 1.29 is 5.11 Å². The van der Waals surface area contributed by atoms with Gasteiger partial charge in [0.1, 0.15) is 5.75 Å². The van der Waals surface area contributed by atoms with E-state index in [1.807, 2.05) is 18.2 Å². The molecule has 0 bridgehead atoms. The van der Waals surface area contributed by atoms with Crippen LogP contribution in [-0.4, -0.2) is 23.1 Å². The van der Waals surface area contributed by atoms with E-state index in [-0.39, 0.29) is 0 Å². The van der Waals surface area contributed by atoms with E-state index in [0.717, 1.165) is 31.1 Å². The topological polar surface area (TPSA) is 23.5 Å². The lowest BCUT2D eigenvalue weighted by Gasteiger charge is -2.32. The maximum atomic E-state index is 9.86. The number of nitrogens with zero attached hydrogens (tertiary/aromatic N) is 1. The van der Waals surface area contributed by atoms with Crippen molar-refractivity contribution >= 4 is 0 Å². The first-order valence-electron chi connectivity index (χ1n) is 7.84. The van der Waals surface area contributed by atoms with Gasteiger partial charge in [-0.05, 0) is 49.9 Å². The van der Waals surface area contributed by atoms with Gasteiger partial charge in [0.05, 0.1) is 0 Å². The van der Waals surface area contributed by atoms with E-state index in [1.54, 1.807) is 6.07 Å². The average Bonchev–Trinajstić information content (AvgIpc) is 2.52. The first-order chi connectivity index (χ1) is 10.3. The maximum Gasteiger partial charge on any atom is 0.120 e. The minimum absolute atomic E-state index is 0.420. The van der Waals surface area contributed by atoms with Crippen molar-refractivity contribution in [2.45, 2.75) is 25.8 Å². The van der Waals surface area contributed by atoms with Crippen LogP contribution in [0.3, 0.4) is 0 Å². The Morgan fingerprint density at radius 3 is 2.29 bits per heavy atom. The number of benzene rings is 2. The molecule has 0 aromatic heterocycles. The smallest absolute Gasteiger partial charge is 0.120 e. The summed E-state index contributed by atoms with van der Waals surface area (Å²) in [7, 11) is 0. The molecule has 1 aliphatic rings. The van der Waals surface area contributed by atoms with Crippen LogP contribution in [0.25, 0.3) is 0 Å². The Hall–Kier alpha value is -1.80. The van der Waals surface area contributed by atoms with Crippen LogP contribution in [0.4, 0.5) is 0 Å². The Morgan fingerprint density at radius 1 is 0.905 bits per heavy atom. The van der Waals surface area contributed by atoms with Crippen molar-refractivity contribution in [3.63, 3.8) is 0 Å². The lowest BCUT2D eigenvalue weighted by Crippen LogP contribution is -2.33. The highest BCUT2D eigenvalue weighted by molar-refractivity contribution is 5.31. The van der Waals surface area contributed by atoms with Crippen molar-refractivity contribution in [3.8, 4) is 5.75 Å². The van der Waals surface area contributed by atoms with Crippen LogP contribution >= 0.6 is 0 Å². The molecular formula is C19H23NO. The number of para-hydroxylation sites is 1. The van der Waals surface area contributed by atoms with E-state index in [4.69, 9.17) is 0 Å². The summed E-state index contributed by atoms with van der Waals surface area (Å²) in [6.07, 6.45) is 3.70. The monoisotopic (exact) mass is 281 g/mol. The summed E-state index contributed by atoms with van der Waals surface area (Å²) in [5, 5.41) is 9.86. The largest absolute Gasteiger partial charge is 0.508 e. The molecule has 2 nitrogen and oxygen atoms in total. The number of aromatic hydroxyl groups is 1. The van der Waals surface area contributed by atoms with Crippen LogP contribution in [0, 0.1) is 5.92 Å². The fraction of sp³-hybridized carbons (Fsp3) is 0.368. The molecule has 0 aliphatic carbocycles. The number of piperidine rings is 1. The number of phenols is 1. The van der Waals surface area contributed by atoms with E-state index in [1.165, 1.54) is 24.8 Å². The highest BCUT2D eigenvalue weighted by Crippen LogP contribution is 2.24. The van der Waals surface area contributed by atoms with Crippen LogP contribution in [0.5, 0.6) is 5.75 Å². The first-order valence-corrected chi connectivity index (χ1v) is 7.84. The zero-order chi connectivity index (χ0) is 14.5. The van der Waals surface area contributed by atoms with Crippen LogP contribution in [0.1, 0.15) is 24.0 Å². The summed E-state index contributed by atoms with van der Waals surface area (Å²) in [6, 6.07) is 18.5. The second kappa shape index (κ2) is 6.77. The quantitative estimate of drug-likeness (QED) is 0.920. The van der Waals surface area contributed by atoms with Gasteiger partial charge in [-0.25, -0.2) is 0 Å². The lowest BCUT2D eigenvalue weighted by molar-refractivity contribution is 0.175. The molecular weight excluding hydrogens is 258 g/mol. The minimum Gasteiger partial charge on any atom is -0.508 e. The van der Waals surface area contributed by atoms with E-state index >= 15 is 0 Å². The summed E-state index contributed by atoms with van der Waals surface area (Å²) >= 11 is 0. The van der Waals surface area contributed by atoms with Crippen LogP contribution in [0.15, 0.2) is 54.6 Å². The van der Waals surface area contributed by atoms with Crippen LogP contribution in [-0.2, 0) is 13.0 Å². The number of hydrogen-bond donors (Lipinski definition) is 1. The zero-order valence-electron chi connectivity index (χ0n) is 12.4. The van der Waals surface area contributed by atoms with Gasteiger partial charge in [-0.3, -0.25) is 4.90 Å². The average molecular weight is 281 g/mol. The molecule has 1 saturated heterocycles. The van der Waals surface area contributed by atoms with Gasteiger partial charge in [0.2, 0.25) is 0 Å².